The lowest BCUT2D eigenvalue weighted by Gasteiger charge is -2.35. The van der Waals surface area contributed by atoms with E-state index in [1.807, 2.05) is 0 Å². The molecule has 0 aliphatic heterocycles. The van der Waals surface area contributed by atoms with Gasteiger partial charge in [0.25, 0.3) is 0 Å². The largest absolute Gasteiger partial charge is 0.416 e. The van der Waals surface area contributed by atoms with Gasteiger partial charge < -0.3 is 14.9 Å². The minimum atomic E-state index is -4.99. The number of alkyl halides is 6. The van der Waals surface area contributed by atoms with E-state index in [9.17, 15) is 36.6 Å². The van der Waals surface area contributed by atoms with E-state index in [0.29, 0.717) is 17.7 Å². The zero-order chi connectivity index (χ0) is 24.8. The summed E-state index contributed by atoms with van der Waals surface area (Å²) in [5.74, 6) is 0. The first-order valence-electron chi connectivity index (χ1n) is 9.99. The summed E-state index contributed by atoms with van der Waals surface area (Å²) in [6.45, 7) is 4.81. The van der Waals surface area contributed by atoms with Gasteiger partial charge in [-0.3, -0.25) is 4.90 Å². The Labute approximate surface area is 187 Å². The summed E-state index contributed by atoms with van der Waals surface area (Å²) in [5, 5.41) is 20.6. The van der Waals surface area contributed by atoms with Gasteiger partial charge in [0.2, 0.25) is 0 Å². The smallest absolute Gasteiger partial charge is 0.392 e. The quantitative estimate of drug-likeness (QED) is 0.282. The minimum Gasteiger partial charge on any atom is -0.392 e. The Morgan fingerprint density at radius 2 is 1.52 bits per heavy atom. The van der Waals surface area contributed by atoms with Crippen molar-refractivity contribution in [3.05, 3.63) is 83.4 Å². The Balaban J connectivity index is 2.34. The van der Waals surface area contributed by atoms with Crippen LogP contribution in [0.3, 0.4) is 0 Å². The Morgan fingerprint density at radius 1 is 0.970 bits per heavy atom. The molecule has 0 heterocycles. The molecule has 3 atom stereocenters. The number of benzene rings is 2. The van der Waals surface area contributed by atoms with Crippen LogP contribution >= 0.6 is 0 Å². The molecular weight excluding hydrogens is 452 g/mol. The summed E-state index contributed by atoms with van der Waals surface area (Å²) in [5.41, 5.74) is -2.75. The van der Waals surface area contributed by atoms with E-state index in [2.05, 4.69) is 6.58 Å². The minimum absolute atomic E-state index is 0.0289. The van der Waals surface area contributed by atoms with Crippen LogP contribution in [0.2, 0.25) is 0 Å². The second kappa shape index (κ2) is 11.1. The van der Waals surface area contributed by atoms with Crippen LogP contribution in [0.4, 0.5) is 26.3 Å². The lowest BCUT2D eigenvalue weighted by molar-refractivity contribution is -0.155. The van der Waals surface area contributed by atoms with E-state index in [1.54, 1.807) is 35.2 Å². The standard InChI is InChI=1S/C23H25F6NO3/c1-3-9-30(13-15(2)31)20(17-7-5-4-6-8-17)21(32)33-14-16-10-18(22(24,25)26)12-19(11-16)23(27,28)29/h3-8,10-12,15,20-21,31-32H,1,9,13-14H2,2H3/t15-,20+,21?/m0/s1. The summed E-state index contributed by atoms with van der Waals surface area (Å²) in [7, 11) is 0. The van der Waals surface area contributed by atoms with Gasteiger partial charge >= 0.3 is 12.4 Å². The number of ether oxygens (including phenoxy) is 1. The molecule has 0 saturated carbocycles. The highest BCUT2D eigenvalue weighted by atomic mass is 19.4. The first-order chi connectivity index (χ1) is 15.3. The van der Waals surface area contributed by atoms with Crippen LogP contribution in [-0.4, -0.2) is 40.6 Å². The number of rotatable bonds is 10. The zero-order valence-electron chi connectivity index (χ0n) is 17.8. The Hall–Kier alpha value is -2.40. The van der Waals surface area contributed by atoms with Crippen molar-refractivity contribution >= 4 is 0 Å². The average molecular weight is 477 g/mol. The molecule has 1 unspecified atom stereocenters. The van der Waals surface area contributed by atoms with Crippen molar-refractivity contribution in [2.75, 3.05) is 13.1 Å². The summed E-state index contributed by atoms with van der Waals surface area (Å²) in [4.78, 5) is 1.64. The molecule has 0 aromatic heterocycles. The van der Waals surface area contributed by atoms with Crippen LogP contribution in [0, 0.1) is 0 Å². The topological polar surface area (TPSA) is 52.9 Å². The van der Waals surface area contributed by atoms with E-state index in [0.717, 1.165) is 0 Å². The number of hydrogen-bond donors (Lipinski definition) is 2. The van der Waals surface area contributed by atoms with Crippen molar-refractivity contribution in [1.29, 1.82) is 0 Å². The van der Waals surface area contributed by atoms with Gasteiger partial charge in [-0.05, 0) is 36.2 Å². The Kier molecular flexibility index (Phi) is 9.07. The van der Waals surface area contributed by atoms with Gasteiger partial charge in [-0.15, -0.1) is 6.58 Å². The summed E-state index contributed by atoms with van der Waals surface area (Å²) in [6, 6.07) is 8.77. The van der Waals surface area contributed by atoms with Crippen LogP contribution in [0.1, 0.15) is 35.2 Å². The predicted molar refractivity (Wildman–Crippen MR) is 110 cm³/mol. The maximum Gasteiger partial charge on any atom is 0.416 e. The summed E-state index contributed by atoms with van der Waals surface area (Å²) < 4.78 is 83.9. The van der Waals surface area contributed by atoms with Crippen LogP contribution in [0.15, 0.2) is 61.2 Å². The van der Waals surface area contributed by atoms with Crippen molar-refractivity contribution in [3.8, 4) is 0 Å². The van der Waals surface area contributed by atoms with Gasteiger partial charge in [0.15, 0.2) is 6.29 Å². The molecule has 0 saturated heterocycles. The third-order valence-corrected chi connectivity index (χ3v) is 4.74. The molecule has 0 fully saturated rings. The molecule has 0 radical (unpaired) electrons. The van der Waals surface area contributed by atoms with Gasteiger partial charge in [0.1, 0.15) is 0 Å². The molecule has 182 valence electrons. The molecule has 4 nitrogen and oxygen atoms in total. The van der Waals surface area contributed by atoms with Crippen LogP contribution < -0.4 is 0 Å². The van der Waals surface area contributed by atoms with Crippen molar-refractivity contribution in [1.82, 2.24) is 4.90 Å². The fourth-order valence-electron chi connectivity index (χ4n) is 3.39. The summed E-state index contributed by atoms with van der Waals surface area (Å²) in [6.07, 6.45) is -10.9. The van der Waals surface area contributed by atoms with Crippen molar-refractivity contribution < 1.29 is 41.3 Å². The lowest BCUT2D eigenvalue weighted by atomic mass is 10.0. The highest BCUT2D eigenvalue weighted by molar-refractivity contribution is 5.33. The van der Waals surface area contributed by atoms with E-state index in [-0.39, 0.29) is 19.2 Å². The molecule has 10 heteroatoms. The molecular formula is C23H25F6NO3. The second-order valence-electron chi connectivity index (χ2n) is 7.56. The van der Waals surface area contributed by atoms with Gasteiger partial charge in [0.05, 0.1) is 29.9 Å². The van der Waals surface area contributed by atoms with Gasteiger partial charge in [-0.25, -0.2) is 0 Å². The molecule has 2 rings (SSSR count). The Bertz CT molecular complexity index is 867. The SMILES string of the molecule is C=CCN(C[C@H](C)O)[C@H](c1ccccc1)C(O)OCc1cc(C(F)(F)F)cc(C(F)(F)F)c1. The maximum atomic E-state index is 13.1. The number of aliphatic hydroxyl groups excluding tert-OH is 2. The first-order valence-corrected chi connectivity index (χ1v) is 9.99. The van der Waals surface area contributed by atoms with Crippen LogP contribution in [0.5, 0.6) is 0 Å². The van der Waals surface area contributed by atoms with Crippen molar-refractivity contribution in [2.24, 2.45) is 0 Å². The number of aliphatic hydroxyl groups is 2. The molecule has 0 amide bonds. The molecule has 0 bridgehead atoms. The fraction of sp³-hybridized carbons (Fsp3) is 0.391. The highest BCUT2D eigenvalue weighted by Crippen LogP contribution is 2.36. The molecule has 2 aromatic carbocycles. The number of hydrogen-bond acceptors (Lipinski definition) is 4. The fourth-order valence-corrected chi connectivity index (χ4v) is 3.39. The van der Waals surface area contributed by atoms with Gasteiger partial charge in [0, 0.05) is 13.1 Å². The van der Waals surface area contributed by atoms with E-state index < -0.39 is 54.1 Å². The van der Waals surface area contributed by atoms with E-state index in [4.69, 9.17) is 4.74 Å². The molecule has 2 N–H and O–H groups in total. The zero-order valence-corrected chi connectivity index (χ0v) is 17.8. The molecule has 0 aliphatic rings. The monoisotopic (exact) mass is 477 g/mol. The normalized spacial score (nSPS) is 15.3. The predicted octanol–water partition coefficient (Wildman–Crippen LogP) is 5.17. The lowest BCUT2D eigenvalue weighted by Crippen LogP contribution is -2.41. The molecule has 0 aliphatic carbocycles. The third kappa shape index (κ3) is 7.85. The van der Waals surface area contributed by atoms with E-state index >= 15 is 0 Å². The maximum absolute atomic E-state index is 13.1. The Morgan fingerprint density at radius 3 is 1.97 bits per heavy atom. The number of halogens is 6. The van der Waals surface area contributed by atoms with E-state index in [1.165, 1.54) is 13.0 Å². The van der Waals surface area contributed by atoms with Crippen LogP contribution in [-0.2, 0) is 23.7 Å². The first kappa shape index (κ1) is 26.8. The third-order valence-electron chi connectivity index (χ3n) is 4.74. The van der Waals surface area contributed by atoms with Crippen molar-refractivity contribution in [2.45, 2.75) is 44.3 Å². The molecule has 33 heavy (non-hydrogen) atoms. The molecule has 0 spiro atoms. The van der Waals surface area contributed by atoms with Gasteiger partial charge in [-0.2, -0.15) is 26.3 Å². The average Bonchev–Trinajstić information content (AvgIpc) is 2.71. The van der Waals surface area contributed by atoms with Crippen LogP contribution in [0.25, 0.3) is 0 Å². The molecule has 2 aromatic rings. The summed E-state index contributed by atoms with van der Waals surface area (Å²) >= 11 is 0. The highest BCUT2D eigenvalue weighted by Gasteiger charge is 2.37. The number of nitrogens with zero attached hydrogens (tertiary/aromatic N) is 1. The second-order valence-corrected chi connectivity index (χ2v) is 7.56. The van der Waals surface area contributed by atoms with Gasteiger partial charge in [-0.1, -0.05) is 36.4 Å². The van der Waals surface area contributed by atoms with Crippen molar-refractivity contribution in [3.63, 3.8) is 0 Å².